The first kappa shape index (κ1) is 8.57. The van der Waals surface area contributed by atoms with Gasteiger partial charge in [-0.1, -0.05) is 27.7 Å². The van der Waals surface area contributed by atoms with Crippen LogP contribution in [0.15, 0.2) is 0 Å². The highest BCUT2D eigenvalue weighted by Crippen LogP contribution is 2.61. The second-order valence-electron chi connectivity index (χ2n) is 4.41. The quantitative estimate of drug-likeness (QED) is 0.664. The van der Waals surface area contributed by atoms with Crippen molar-refractivity contribution in [2.75, 3.05) is 0 Å². The van der Waals surface area contributed by atoms with Gasteiger partial charge in [-0.15, -0.1) is 0 Å². The Morgan fingerprint density at radius 3 is 2.00 bits per heavy atom. The Kier molecular flexibility index (Phi) is 1.73. The summed E-state index contributed by atoms with van der Waals surface area (Å²) < 4.78 is 0. The molecular formula is C9H16O2. The van der Waals surface area contributed by atoms with Crippen molar-refractivity contribution in [3.63, 3.8) is 0 Å². The van der Waals surface area contributed by atoms with E-state index >= 15 is 0 Å². The maximum atomic E-state index is 10.7. The normalized spacial score (nSPS) is 33.9. The molecular weight excluding hydrogens is 140 g/mol. The summed E-state index contributed by atoms with van der Waals surface area (Å²) in [5.41, 5.74) is 0.0278. The molecule has 0 aliphatic heterocycles. The van der Waals surface area contributed by atoms with Gasteiger partial charge in [-0.3, -0.25) is 4.79 Å². The minimum Gasteiger partial charge on any atom is -0.481 e. The topological polar surface area (TPSA) is 37.3 Å². The van der Waals surface area contributed by atoms with Crippen LogP contribution in [0, 0.1) is 23.2 Å². The molecule has 0 radical (unpaired) electrons. The fraction of sp³-hybridized carbons (Fsp3) is 0.889. The standard InChI is InChI=1S/C9H16O2/c1-5(2)6-7(8(10)11)9(6,3)4/h5-7H,1-4H3,(H,10,11)/t6-,7+/m1/s1. The van der Waals surface area contributed by atoms with Gasteiger partial charge in [-0.2, -0.15) is 0 Å². The van der Waals surface area contributed by atoms with Crippen LogP contribution in [0.25, 0.3) is 0 Å². The van der Waals surface area contributed by atoms with Gasteiger partial charge in [-0.05, 0) is 17.3 Å². The maximum Gasteiger partial charge on any atom is 0.307 e. The summed E-state index contributed by atoms with van der Waals surface area (Å²) in [6.45, 7) is 8.26. The zero-order valence-electron chi connectivity index (χ0n) is 7.59. The van der Waals surface area contributed by atoms with E-state index in [4.69, 9.17) is 5.11 Å². The largest absolute Gasteiger partial charge is 0.481 e. The van der Waals surface area contributed by atoms with E-state index in [0.717, 1.165) is 0 Å². The monoisotopic (exact) mass is 156 g/mol. The highest BCUT2D eigenvalue weighted by molar-refractivity contribution is 5.75. The minimum absolute atomic E-state index is 0.0278. The Morgan fingerprint density at radius 2 is 1.91 bits per heavy atom. The van der Waals surface area contributed by atoms with E-state index in [2.05, 4.69) is 13.8 Å². The lowest BCUT2D eigenvalue weighted by atomic mass is 10.0. The molecule has 1 aliphatic carbocycles. The molecule has 0 bridgehead atoms. The van der Waals surface area contributed by atoms with E-state index in [9.17, 15) is 4.79 Å². The molecule has 0 aromatic rings. The Hall–Kier alpha value is -0.530. The molecule has 1 fully saturated rings. The van der Waals surface area contributed by atoms with Crippen LogP contribution < -0.4 is 0 Å². The van der Waals surface area contributed by atoms with Crippen LogP contribution in [0.2, 0.25) is 0 Å². The third-order valence-corrected chi connectivity index (χ3v) is 2.89. The van der Waals surface area contributed by atoms with Crippen LogP contribution in [0.3, 0.4) is 0 Å². The molecule has 2 atom stereocenters. The van der Waals surface area contributed by atoms with Crippen LogP contribution in [-0.2, 0) is 4.79 Å². The SMILES string of the molecule is CC(C)[C@@H]1[C@@H](C(=O)O)C1(C)C. The molecule has 0 unspecified atom stereocenters. The summed E-state index contributed by atoms with van der Waals surface area (Å²) >= 11 is 0. The van der Waals surface area contributed by atoms with Crippen LogP contribution in [-0.4, -0.2) is 11.1 Å². The molecule has 1 rings (SSSR count). The summed E-state index contributed by atoms with van der Waals surface area (Å²) in [4.78, 5) is 10.7. The lowest BCUT2D eigenvalue weighted by Crippen LogP contribution is -2.03. The second-order valence-corrected chi connectivity index (χ2v) is 4.41. The third-order valence-electron chi connectivity index (χ3n) is 2.89. The van der Waals surface area contributed by atoms with Crippen molar-refractivity contribution >= 4 is 5.97 Å². The molecule has 0 spiro atoms. The lowest BCUT2D eigenvalue weighted by molar-refractivity contribution is -0.139. The molecule has 0 aromatic carbocycles. The van der Waals surface area contributed by atoms with Gasteiger partial charge in [0.25, 0.3) is 0 Å². The van der Waals surface area contributed by atoms with E-state index < -0.39 is 5.97 Å². The van der Waals surface area contributed by atoms with Gasteiger partial charge in [0, 0.05) is 0 Å². The first-order chi connectivity index (χ1) is 4.89. The Balaban J connectivity index is 2.68. The zero-order valence-corrected chi connectivity index (χ0v) is 7.59. The predicted molar refractivity (Wildman–Crippen MR) is 43.2 cm³/mol. The summed E-state index contributed by atoms with van der Waals surface area (Å²) in [6, 6.07) is 0. The predicted octanol–water partition coefficient (Wildman–Crippen LogP) is 2.00. The average Bonchev–Trinajstić information content (AvgIpc) is 2.33. The van der Waals surface area contributed by atoms with Gasteiger partial charge in [0.15, 0.2) is 0 Å². The first-order valence-corrected chi connectivity index (χ1v) is 4.12. The van der Waals surface area contributed by atoms with Crippen molar-refractivity contribution in [3.05, 3.63) is 0 Å². The van der Waals surface area contributed by atoms with Gasteiger partial charge >= 0.3 is 5.97 Å². The van der Waals surface area contributed by atoms with Gasteiger partial charge in [0.1, 0.15) is 0 Å². The molecule has 11 heavy (non-hydrogen) atoms. The second kappa shape index (κ2) is 2.23. The maximum absolute atomic E-state index is 10.7. The van der Waals surface area contributed by atoms with E-state index in [-0.39, 0.29) is 11.3 Å². The number of carbonyl (C=O) groups is 1. The van der Waals surface area contributed by atoms with Crippen molar-refractivity contribution in [1.29, 1.82) is 0 Å². The highest BCUT2D eigenvalue weighted by atomic mass is 16.4. The summed E-state index contributed by atoms with van der Waals surface area (Å²) in [5.74, 6) is 0.127. The fourth-order valence-electron chi connectivity index (χ4n) is 2.39. The van der Waals surface area contributed by atoms with Crippen molar-refractivity contribution in [1.82, 2.24) is 0 Å². The van der Waals surface area contributed by atoms with Crippen LogP contribution in [0.4, 0.5) is 0 Å². The van der Waals surface area contributed by atoms with Crippen molar-refractivity contribution in [2.45, 2.75) is 27.7 Å². The molecule has 0 aromatic heterocycles. The number of hydrogen-bond acceptors (Lipinski definition) is 1. The first-order valence-electron chi connectivity index (χ1n) is 4.12. The van der Waals surface area contributed by atoms with Crippen molar-refractivity contribution < 1.29 is 9.90 Å². The molecule has 0 saturated heterocycles. The van der Waals surface area contributed by atoms with Crippen LogP contribution >= 0.6 is 0 Å². The third kappa shape index (κ3) is 1.15. The Bertz CT molecular complexity index is 182. The number of carboxylic acid groups (broad SMARTS) is 1. The molecule has 1 aliphatic rings. The van der Waals surface area contributed by atoms with Crippen LogP contribution in [0.1, 0.15) is 27.7 Å². The summed E-state index contributed by atoms with van der Waals surface area (Å²) in [7, 11) is 0. The van der Waals surface area contributed by atoms with E-state index in [0.29, 0.717) is 11.8 Å². The van der Waals surface area contributed by atoms with Crippen LogP contribution in [0.5, 0.6) is 0 Å². The fourth-order valence-corrected chi connectivity index (χ4v) is 2.39. The summed E-state index contributed by atoms with van der Waals surface area (Å²) in [5, 5.41) is 8.81. The number of hydrogen-bond donors (Lipinski definition) is 1. The number of aliphatic carboxylic acids is 1. The smallest absolute Gasteiger partial charge is 0.307 e. The van der Waals surface area contributed by atoms with Gasteiger partial charge in [0.05, 0.1) is 5.92 Å². The molecule has 64 valence electrons. The van der Waals surface area contributed by atoms with Gasteiger partial charge < -0.3 is 5.11 Å². The highest BCUT2D eigenvalue weighted by Gasteiger charge is 2.62. The van der Waals surface area contributed by atoms with E-state index in [1.165, 1.54) is 0 Å². The zero-order chi connectivity index (χ0) is 8.81. The number of carboxylic acids is 1. The molecule has 1 saturated carbocycles. The molecule has 0 amide bonds. The van der Waals surface area contributed by atoms with Gasteiger partial charge in [-0.25, -0.2) is 0 Å². The summed E-state index contributed by atoms with van der Waals surface area (Å²) in [6.07, 6.45) is 0. The van der Waals surface area contributed by atoms with Crippen molar-refractivity contribution in [2.24, 2.45) is 23.2 Å². The average molecular weight is 156 g/mol. The number of rotatable bonds is 2. The van der Waals surface area contributed by atoms with E-state index in [1.807, 2.05) is 13.8 Å². The molecule has 0 heterocycles. The minimum atomic E-state index is -0.631. The molecule has 2 heteroatoms. The Morgan fingerprint density at radius 1 is 1.45 bits per heavy atom. The molecule has 2 nitrogen and oxygen atoms in total. The Labute approximate surface area is 67.6 Å². The lowest BCUT2D eigenvalue weighted by Gasteiger charge is -2.03. The van der Waals surface area contributed by atoms with Crippen molar-refractivity contribution in [3.8, 4) is 0 Å². The molecule has 1 N–H and O–H groups in total. The van der Waals surface area contributed by atoms with Gasteiger partial charge in [0.2, 0.25) is 0 Å². The van der Waals surface area contributed by atoms with E-state index in [1.54, 1.807) is 0 Å².